The van der Waals surface area contributed by atoms with E-state index in [-0.39, 0.29) is 17.5 Å². The number of ether oxygens (including phenoxy) is 1. The van der Waals surface area contributed by atoms with Crippen LogP contribution in [-0.2, 0) is 9.53 Å². The van der Waals surface area contributed by atoms with Crippen LogP contribution >= 0.6 is 0 Å². The zero-order valence-electron chi connectivity index (χ0n) is 9.93. The van der Waals surface area contributed by atoms with Gasteiger partial charge in [-0.05, 0) is 27.2 Å². The lowest BCUT2D eigenvalue weighted by molar-refractivity contribution is -0.121. The molecule has 1 rings (SSSR count). The second kappa shape index (κ2) is 5.47. The van der Waals surface area contributed by atoms with Gasteiger partial charge in [-0.1, -0.05) is 0 Å². The first-order chi connectivity index (χ1) is 7.02. The molecule has 4 nitrogen and oxygen atoms in total. The highest BCUT2D eigenvalue weighted by atomic mass is 16.5. The molecule has 0 spiro atoms. The summed E-state index contributed by atoms with van der Waals surface area (Å²) in [6.07, 6.45) is 1.56. The maximum Gasteiger partial charge on any atom is 0.221 e. The van der Waals surface area contributed by atoms with Gasteiger partial charge >= 0.3 is 0 Å². The van der Waals surface area contributed by atoms with Crippen molar-refractivity contribution in [1.82, 2.24) is 10.6 Å². The molecule has 0 aromatic carbocycles. The number of carbonyl (C=O) groups excluding carboxylic acids is 1. The summed E-state index contributed by atoms with van der Waals surface area (Å²) in [5.41, 5.74) is 0.0676. The number of rotatable bonds is 5. The molecule has 2 N–H and O–H groups in total. The Hall–Kier alpha value is -0.610. The van der Waals surface area contributed by atoms with Crippen LogP contribution in [0.2, 0.25) is 0 Å². The van der Waals surface area contributed by atoms with Crippen molar-refractivity contribution in [3.05, 3.63) is 0 Å². The molecule has 0 bridgehead atoms. The summed E-state index contributed by atoms with van der Waals surface area (Å²) < 4.78 is 5.32. The minimum atomic E-state index is 0.0676. The first-order valence-electron chi connectivity index (χ1n) is 5.64. The molecule has 0 aliphatic carbocycles. The summed E-state index contributed by atoms with van der Waals surface area (Å²) >= 11 is 0. The van der Waals surface area contributed by atoms with Crippen LogP contribution < -0.4 is 10.6 Å². The zero-order chi connectivity index (χ0) is 11.3. The Morgan fingerprint density at radius 1 is 1.53 bits per heavy atom. The molecular weight excluding hydrogens is 192 g/mol. The molecule has 1 atom stereocenters. The van der Waals surface area contributed by atoms with E-state index in [0.717, 1.165) is 26.2 Å². The summed E-state index contributed by atoms with van der Waals surface area (Å²) in [6, 6.07) is 0.225. The lowest BCUT2D eigenvalue weighted by Crippen LogP contribution is -2.44. The summed E-state index contributed by atoms with van der Waals surface area (Å²) in [7, 11) is 0. The van der Waals surface area contributed by atoms with Crippen LogP contribution in [0, 0.1) is 0 Å². The van der Waals surface area contributed by atoms with Gasteiger partial charge in [0.25, 0.3) is 0 Å². The summed E-state index contributed by atoms with van der Waals surface area (Å²) in [6.45, 7) is 8.37. The van der Waals surface area contributed by atoms with Gasteiger partial charge in [-0.25, -0.2) is 0 Å². The van der Waals surface area contributed by atoms with Gasteiger partial charge in [0.05, 0.1) is 6.61 Å². The molecule has 1 amide bonds. The standard InChI is InChI=1S/C11H22N2O2/c1-9(2)13-10(14)4-6-12-11(3)5-7-15-8-11/h9,12H,4-8H2,1-3H3,(H,13,14). The maximum absolute atomic E-state index is 11.3. The van der Waals surface area contributed by atoms with Gasteiger partial charge in [-0.3, -0.25) is 4.79 Å². The molecule has 1 heterocycles. The highest BCUT2D eigenvalue weighted by Gasteiger charge is 2.28. The van der Waals surface area contributed by atoms with Crippen molar-refractivity contribution in [3.63, 3.8) is 0 Å². The Morgan fingerprint density at radius 2 is 2.27 bits per heavy atom. The van der Waals surface area contributed by atoms with E-state index in [1.54, 1.807) is 0 Å². The first kappa shape index (κ1) is 12.5. The summed E-state index contributed by atoms with van der Waals surface area (Å²) in [5.74, 6) is 0.111. The fraction of sp³-hybridized carbons (Fsp3) is 0.909. The average molecular weight is 214 g/mol. The lowest BCUT2D eigenvalue weighted by atomic mass is 10.0. The van der Waals surface area contributed by atoms with Gasteiger partial charge in [-0.2, -0.15) is 0 Å². The van der Waals surface area contributed by atoms with Crippen LogP contribution in [0.3, 0.4) is 0 Å². The third kappa shape index (κ3) is 4.62. The van der Waals surface area contributed by atoms with Gasteiger partial charge in [-0.15, -0.1) is 0 Å². The molecule has 88 valence electrons. The fourth-order valence-electron chi connectivity index (χ4n) is 1.68. The molecule has 15 heavy (non-hydrogen) atoms. The van der Waals surface area contributed by atoms with Gasteiger partial charge in [0.1, 0.15) is 0 Å². The van der Waals surface area contributed by atoms with E-state index in [9.17, 15) is 4.79 Å². The topological polar surface area (TPSA) is 50.4 Å². The normalized spacial score (nSPS) is 25.9. The van der Waals surface area contributed by atoms with Crippen LogP contribution in [0.5, 0.6) is 0 Å². The van der Waals surface area contributed by atoms with Crippen molar-refractivity contribution < 1.29 is 9.53 Å². The van der Waals surface area contributed by atoms with E-state index >= 15 is 0 Å². The van der Waals surface area contributed by atoms with Crippen LogP contribution in [0.25, 0.3) is 0 Å². The maximum atomic E-state index is 11.3. The molecule has 0 radical (unpaired) electrons. The van der Waals surface area contributed by atoms with Crippen molar-refractivity contribution >= 4 is 5.91 Å². The Morgan fingerprint density at radius 3 is 2.80 bits per heavy atom. The highest BCUT2D eigenvalue weighted by Crippen LogP contribution is 2.16. The predicted molar refractivity (Wildman–Crippen MR) is 59.7 cm³/mol. The Bertz CT molecular complexity index is 211. The van der Waals surface area contributed by atoms with Crippen LogP contribution in [0.15, 0.2) is 0 Å². The van der Waals surface area contributed by atoms with E-state index in [0.29, 0.717) is 6.42 Å². The van der Waals surface area contributed by atoms with Crippen molar-refractivity contribution in [1.29, 1.82) is 0 Å². The Balaban J connectivity index is 2.12. The third-order valence-corrected chi connectivity index (χ3v) is 2.57. The largest absolute Gasteiger partial charge is 0.379 e. The van der Waals surface area contributed by atoms with Crippen molar-refractivity contribution in [2.45, 2.75) is 45.2 Å². The van der Waals surface area contributed by atoms with Gasteiger partial charge in [0, 0.05) is 31.2 Å². The monoisotopic (exact) mass is 214 g/mol. The molecule has 0 saturated carbocycles. The molecule has 0 aromatic rings. The second-order valence-electron chi connectivity index (χ2n) is 4.76. The summed E-state index contributed by atoms with van der Waals surface area (Å²) in [5, 5.41) is 6.25. The van der Waals surface area contributed by atoms with Crippen molar-refractivity contribution in [2.75, 3.05) is 19.8 Å². The van der Waals surface area contributed by atoms with E-state index in [2.05, 4.69) is 17.6 Å². The van der Waals surface area contributed by atoms with Gasteiger partial charge in [0.15, 0.2) is 0 Å². The van der Waals surface area contributed by atoms with E-state index in [4.69, 9.17) is 4.74 Å². The fourth-order valence-corrected chi connectivity index (χ4v) is 1.68. The minimum Gasteiger partial charge on any atom is -0.379 e. The first-order valence-corrected chi connectivity index (χ1v) is 5.64. The van der Waals surface area contributed by atoms with Crippen molar-refractivity contribution in [2.24, 2.45) is 0 Å². The summed E-state index contributed by atoms with van der Waals surface area (Å²) in [4.78, 5) is 11.3. The molecule has 1 aliphatic rings. The van der Waals surface area contributed by atoms with Crippen LogP contribution in [0.1, 0.15) is 33.6 Å². The number of carbonyl (C=O) groups is 1. The van der Waals surface area contributed by atoms with Gasteiger partial charge < -0.3 is 15.4 Å². The third-order valence-electron chi connectivity index (χ3n) is 2.57. The predicted octanol–water partition coefficient (Wildman–Crippen LogP) is 0.670. The highest BCUT2D eigenvalue weighted by molar-refractivity contribution is 5.76. The molecular formula is C11H22N2O2. The van der Waals surface area contributed by atoms with E-state index < -0.39 is 0 Å². The van der Waals surface area contributed by atoms with Crippen LogP contribution in [-0.4, -0.2) is 37.2 Å². The number of nitrogens with one attached hydrogen (secondary N) is 2. The quantitative estimate of drug-likeness (QED) is 0.707. The Labute approximate surface area is 91.8 Å². The molecule has 1 saturated heterocycles. The minimum absolute atomic E-state index is 0.0676. The van der Waals surface area contributed by atoms with Crippen LogP contribution in [0.4, 0.5) is 0 Å². The molecule has 1 fully saturated rings. The average Bonchev–Trinajstić information content (AvgIpc) is 2.51. The molecule has 0 aromatic heterocycles. The molecule has 4 heteroatoms. The number of hydrogen-bond acceptors (Lipinski definition) is 3. The second-order valence-corrected chi connectivity index (χ2v) is 4.76. The smallest absolute Gasteiger partial charge is 0.221 e. The molecule has 1 aliphatic heterocycles. The van der Waals surface area contributed by atoms with Gasteiger partial charge in [0.2, 0.25) is 5.91 Å². The number of amides is 1. The SMILES string of the molecule is CC(C)NC(=O)CCNC1(C)CCOC1. The van der Waals surface area contributed by atoms with E-state index in [1.807, 2.05) is 13.8 Å². The lowest BCUT2D eigenvalue weighted by Gasteiger charge is -2.23. The Kier molecular flexibility index (Phi) is 4.54. The van der Waals surface area contributed by atoms with E-state index in [1.165, 1.54) is 0 Å². The van der Waals surface area contributed by atoms with Crippen molar-refractivity contribution in [3.8, 4) is 0 Å². The zero-order valence-corrected chi connectivity index (χ0v) is 9.93. The number of hydrogen-bond donors (Lipinski definition) is 2. The molecule has 1 unspecified atom stereocenters.